The lowest BCUT2D eigenvalue weighted by Gasteiger charge is -2.15. The van der Waals surface area contributed by atoms with Gasteiger partial charge in [0, 0.05) is 17.4 Å². The summed E-state index contributed by atoms with van der Waals surface area (Å²) in [6, 6.07) is 15.1. The van der Waals surface area contributed by atoms with E-state index in [-0.39, 0.29) is 0 Å². The van der Waals surface area contributed by atoms with E-state index in [2.05, 4.69) is 10.2 Å². The first kappa shape index (κ1) is 27.8. The highest BCUT2D eigenvalue weighted by Gasteiger charge is 2.20. The normalized spacial score (nSPS) is 10.6. The number of hydrogen-bond acceptors (Lipinski definition) is 10. The van der Waals surface area contributed by atoms with Gasteiger partial charge in [-0.3, -0.25) is 4.57 Å². The molecule has 39 heavy (non-hydrogen) atoms. The van der Waals surface area contributed by atoms with Gasteiger partial charge in [0.1, 0.15) is 0 Å². The molecule has 3 aromatic carbocycles. The molecule has 0 amide bonds. The Morgan fingerprint density at radius 1 is 0.590 bits per heavy atom. The molecule has 0 unspecified atom stereocenters. The van der Waals surface area contributed by atoms with Gasteiger partial charge in [0.15, 0.2) is 45.5 Å². The molecule has 10 nitrogen and oxygen atoms in total. The van der Waals surface area contributed by atoms with Crippen molar-refractivity contribution in [2.75, 3.05) is 49.8 Å². The van der Waals surface area contributed by atoms with E-state index in [1.165, 1.54) is 11.8 Å². The van der Waals surface area contributed by atoms with Gasteiger partial charge in [-0.05, 0) is 48.0 Å². The maximum absolute atomic E-state index is 5.57. The molecule has 11 heteroatoms. The molecule has 0 aliphatic rings. The molecule has 0 aliphatic carbocycles. The molecular formula is C28H31N3O7S. The van der Waals surface area contributed by atoms with Gasteiger partial charge in [0.05, 0.1) is 55.5 Å². The van der Waals surface area contributed by atoms with Crippen LogP contribution in [0.2, 0.25) is 0 Å². The van der Waals surface area contributed by atoms with Gasteiger partial charge in [-0.25, -0.2) is 0 Å². The number of methoxy groups -OCH3 is 7. The second-order valence-corrected chi connectivity index (χ2v) is 9.02. The summed E-state index contributed by atoms with van der Waals surface area (Å²) in [4.78, 5) is 0. The van der Waals surface area contributed by atoms with Crippen LogP contribution in [0.3, 0.4) is 0 Å². The Labute approximate surface area is 231 Å². The molecule has 206 valence electrons. The van der Waals surface area contributed by atoms with Crippen LogP contribution >= 0.6 is 11.8 Å². The zero-order valence-corrected chi connectivity index (χ0v) is 23.8. The predicted octanol–water partition coefficient (Wildman–Crippen LogP) is 5.29. The zero-order chi connectivity index (χ0) is 27.9. The highest BCUT2D eigenvalue weighted by atomic mass is 32.2. The minimum atomic E-state index is 0.540. The molecule has 0 atom stereocenters. The van der Waals surface area contributed by atoms with Crippen molar-refractivity contribution in [3.8, 4) is 57.3 Å². The minimum Gasteiger partial charge on any atom is -0.493 e. The molecule has 0 fully saturated rings. The lowest BCUT2D eigenvalue weighted by atomic mass is 10.1. The lowest BCUT2D eigenvalue weighted by molar-refractivity contribution is 0.324. The standard InChI is InChI=1S/C28H31N3O7S/c1-32-20-10-8-18(14-22(20)34-3)27-29-30-28(31(27)19-9-11-21(33-2)23(15-19)35-4)39-16-17-12-24(36-5)26(38-7)25(13-17)37-6/h8-15H,16H2,1-7H3. The SMILES string of the molecule is COc1ccc(-c2nnc(SCc3cc(OC)c(OC)c(OC)c3)n2-c2ccc(OC)c(OC)c2)cc1OC. The van der Waals surface area contributed by atoms with Crippen LogP contribution in [0.4, 0.5) is 0 Å². The summed E-state index contributed by atoms with van der Waals surface area (Å²) >= 11 is 1.51. The maximum Gasteiger partial charge on any atom is 0.203 e. The van der Waals surface area contributed by atoms with Crippen molar-refractivity contribution in [3.63, 3.8) is 0 Å². The second kappa shape index (κ2) is 12.5. The summed E-state index contributed by atoms with van der Waals surface area (Å²) in [7, 11) is 11.2. The van der Waals surface area contributed by atoms with E-state index >= 15 is 0 Å². The number of thioether (sulfide) groups is 1. The molecule has 0 bridgehead atoms. The van der Waals surface area contributed by atoms with Crippen LogP contribution < -0.4 is 33.2 Å². The smallest absolute Gasteiger partial charge is 0.203 e. The van der Waals surface area contributed by atoms with Gasteiger partial charge in [-0.2, -0.15) is 0 Å². The summed E-state index contributed by atoms with van der Waals surface area (Å²) < 4.78 is 40.4. The van der Waals surface area contributed by atoms with Crippen molar-refractivity contribution >= 4 is 11.8 Å². The van der Waals surface area contributed by atoms with E-state index in [9.17, 15) is 0 Å². The van der Waals surface area contributed by atoms with Crippen molar-refractivity contribution in [2.24, 2.45) is 0 Å². The third-order valence-corrected chi connectivity index (χ3v) is 6.99. The van der Waals surface area contributed by atoms with Gasteiger partial charge in [0.25, 0.3) is 0 Å². The molecule has 0 N–H and O–H groups in total. The topological polar surface area (TPSA) is 95.3 Å². The highest BCUT2D eigenvalue weighted by molar-refractivity contribution is 7.98. The Bertz CT molecular complexity index is 1420. The first-order valence-corrected chi connectivity index (χ1v) is 12.8. The largest absolute Gasteiger partial charge is 0.493 e. The summed E-state index contributed by atoms with van der Waals surface area (Å²) in [6.45, 7) is 0. The van der Waals surface area contributed by atoms with Gasteiger partial charge < -0.3 is 33.2 Å². The van der Waals surface area contributed by atoms with E-state index in [4.69, 9.17) is 33.2 Å². The zero-order valence-electron chi connectivity index (χ0n) is 22.9. The Morgan fingerprint density at radius 3 is 1.72 bits per heavy atom. The molecule has 0 saturated heterocycles. The average molecular weight is 554 g/mol. The van der Waals surface area contributed by atoms with E-state index < -0.39 is 0 Å². The van der Waals surface area contributed by atoms with Gasteiger partial charge in [-0.15, -0.1) is 10.2 Å². The number of benzene rings is 3. The van der Waals surface area contributed by atoms with Crippen molar-refractivity contribution in [1.82, 2.24) is 14.8 Å². The molecule has 0 radical (unpaired) electrons. The molecule has 0 saturated carbocycles. The van der Waals surface area contributed by atoms with Gasteiger partial charge in [0.2, 0.25) is 5.75 Å². The van der Waals surface area contributed by atoms with Crippen LogP contribution in [0.5, 0.6) is 40.2 Å². The molecule has 0 aliphatic heterocycles. The Balaban J connectivity index is 1.80. The number of hydrogen-bond donors (Lipinski definition) is 0. The molecule has 1 heterocycles. The Morgan fingerprint density at radius 2 is 1.15 bits per heavy atom. The van der Waals surface area contributed by atoms with E-state index in [1.807, 2.05) is 53.1 Å². The summed E-state index contributed by atoms with van der Waals surface area (Å²) in [6.07, 6.45) is 0. The third-order valence-electron chi connectivity index (χ3n) is 5.99. The number of aromatic nitrogens is 3. The predicted molar refractivity (Wildman–Crippen MR) is 149 cm³/mol. The van der Waals surface area contributed by atoms with Crippen LogP contribution in [-0.2, 0) is 5.75 Å². The van der Waals surface area contributed by atoms with E-state index in [0.29, 0.717) is 57.0 Å². The van der Waals surface area contributed by atoms with Gasteiger partial charge >= 0.3 is 0 Å². The van der Waals surface area contributed by atoms with Crippen LogP contribution in [0.15, 0.2) is 53.7 Å². The Hall–Kier alpha value is -4.25. The average Bonchev–Trinajstić information content (AvgIpc) is 3.42. The maximum atomic E-state index is 5.57. The number of nitrogens with zero attached hydrogens (tertiary/aromatic N) is 3. The number of rotatable bonds is 12. The summed E-state index contributed by atoms with van der Waals surface area (Å²) in [5, 5.41) is 9.76. The van der Waals surface area contributed by atoms with Crippen molar-refractivity contribution in [2.45, 2.75) is 10.9 Å². The van der Waals surface area contributed by atoms with Crippen LogP contribution in [0.25, 0.3) is 17.1 Å². The fraction of sp³-hybridized carbons (Fsp3) is 0.286. The molecule has 4 rings (SSSR count). The van der Waals surface area contributed by atoms with Crippen molar-refractivity contribution < 1.29 is 33.2 Å². The van der Waals surface area contributed by atoms with Gasteiger partial charge in [-0.1, -0.05) is 11.8 Å². The second-order valence-electron chi connectivity index (χ2n) is 8.07. The molecule has 0 spiro atoms. The molecular weight excluding hydrogens is 522 g/mol. The summed E-state index contributed by atoms with van der Waals surface area (Å²) in [5.41, 5.74) is 2.56. The fourth-order valence-electron chi connectivity index (χ4n) is 4.09. The summed E-state index contributed by atoms with van der Waals surface area (Å²) in [5.74, 6) is 5.30. The van der Waals surface area contributed by atoms with Crippen molar-refractivity contribution in [1.29, 1.82) is 0 Å². The highest BCUT2D eigenvalue weighted by Crippen LogP contribution is 2.41. The van der Waals surface area contributed by atoms with E-state index in [0.717, 1.165) is 16.8 Å². The number of ether oxygens (including phenoxy) is 7. The van der Waals surface area contributed by atoms with Crippen LogP contribution in [-0.4, -0.2) is 64.5 Å². The van der Waals surface area contributed by atoms with Crippen LogP contribution in [0, 0.1) is 0 Å². The third kappa shape index (κ3) is 5.63. The first-order valence-electron chi connectivity index (χ1n) is 11.8. The Kier molecular flexibility index (Phi) is 8.92. The molecule has 1 aromatic heterocycles. The molecule has 4 aromatic rings. The minimum absolute atomic E-state index is 0.540. The monoisotopic (exact) mass is 553 g/mol. The quantitative estimate of drug-likeness (QED) is 0.216. The van der Waals surface area contributed by atoms with Crippen LogP contribution in [0.1, 0.15) is 5.56 Å². The van der Waals surface area contributed by atoms with E-state index in [1.54, 1.807) is 49.8 Å². The first-order chi connectivity index (χ1) is 19.0. The van der Waals surface area contributed by atoms with Crippen molar-refractivity contribution in [3.05, 3.63) is 54.1 Å². The lowest BCUT2D eigenvalue weighted by Crippen LogP contribution is -2.02. The fourth-order valence-corrected chi connectivity index (χ4v) is 4.97.